The van der Waals surface area contributed by atoms with Gasteiger partial charge in [0.25, 0.3) is 0 Å². The predicted octanol–water partition coefficient (Wildman–Crippen LogP) is 1.98. The van der Waals surface area contributed by atoms with E-state index in [0.717, 1.165) is 30.6 Å². The molecular formula is C21H34IN5O3. The van der Waals surface area contributed by atoms with Crippen molar-refractivity contribution in [2.75, 3.05) is 51.8 Å². The van der Waals surface area contributed by atoms with Crippen molar-refractivity contribution in [1.82, 2.24) is 15.5 Å². The number of guanidine groups is 1. The van der Waals surface area contributed by atoms with Gasteiger partial charge in [-0.2, -0.15) is 0 Å². The second kappa shape index (κ2) is 14.2. The average molecular weight is 531 g/mol. The second-order valence-electron chi connectivity index (χ2n) is 7.10. The maximum absolute atomic E-state index is 11.9. The van der Waals surface area contributed by atoms with E-state index in [4.69, 9.17) is 4.74 Å². The second-order valence-corrected chi connectivity index (χ2v) is 7.10. The number of carbonyl (C=O) groups is 2. The topological polar surface area (TPSA) is 86.3 Å². The zero-order valence-electron chi connectivity index (χ0n) is 18.1. The number of benzene rings is 1. The lowest BCUT2D eigenvalue weighted by atomic mass is 10.2. The molecule has 0 atom stereocenters. The standard InChI is InChI=1S/C21H33N5O3.HI/c1-4-29-14-6-12-22-21(24-16-20(28)25(2)3)23-15-17-8-10-18(11-9-17)26-13-5-7-19(26)27;/h8-11H,4-7,12-16H2,1-3H3,(H2,22,23,24);1H. The Morgan fingerprint density at radius 3 is 2.57 bits per heavy atom. The number of anilines is 1. The lowest BCUT2D eigenvalue weighted by Crippen LogP contribution is -2.43. The van der Waals surface area contributed by atoms with E-state index in [1.807, 2.05) is 36.1 Å². The van der Waals surface area contributed by atoms with Crippen LogP contribution in [0.3, 0.4) is 0 Å². The summed E-state index contributed by atoms with van der Waals surface area (Å²) in [6, 6.07) is 7.91. The van der Waals surface area contributed by atoms with Crippen LogP contribution in [0.2, 0.25) is 0 Å². The lowest BCUT2D eigenvalue weighted by molar-refractivity contribution is -0.127. The fourth-order valence-corrected chi connectivity index (χ4v) is 2.89. The SMILES string of the molecule is CCOCCCNC(=NCc1ccc(N2CCCC2=O)cc1)NCC(=O)N(C)C.I. The Balaban J connectivity index is 0.00000450. The number of aliphatic imine (C=N–C) groups is 1. The molecule has 1 fully saturated rings. The van der Waals surface area contributed by atoms with Crippen LogP contribution in [0.15, 0.2) is 29.3 Å². The number of halogens is 1. The maximum atomic E-state index is 11.9. The van der Waals surface area contributed by atoms with Gasteiger partial charge in [0.1, 0.15) is 0 Å². The zero-order chi connectivity index (χ0) is 21.1. The number of hydrogen-bond donors (Lipinski definition) is 2. The third-order valence-corrected chi connectivity index (χ3v) is 4.61. The summed E-state index contributed by atoms with van der Waals surface area (Å²) in [7, 11) is 3.45. The Hall–Kier alpha value is -1.88. The number of amides is 2. The van der Waals surface area contributed by atoms with E-state index in [0.29, 0.717) is 38.7 Å². The quantitative estimate of drug-likeness (QED) is 0.209. The van der Waals surface area contributed by atoms with Crippen LogP contribution >= 0.6 is 24.0 Å². The largest absolute Gasteiger partial charge is 0.382 e. The molecule has 9 heteroatoms. The summed E-state index contributed by atoms with van der Waals surface area (Å²) < 4.78 is 5.35. The highest BCUT2D eigenvalue weighted by molar-refractivity contribution is 14.0. The van der Waals surface area contributed by atoms with Gasteiger partial charge in [0.05, 0.1) is 13.1 Å². The molecule has 8 nitrogen and oxygen atoms in total. The molecule has 0 bridgehead atoms. The van der Waals surface area contributed by atoms with E-state index in [1.165, 1.54) is 4.90 Å². The molecule has 30 heavy (non-hydrogen) atoms. The van der Waals surface area contributed by atoms with Crippen molar-refractivity contribution >= 4 is 47.4 Å². The summed E-state index contributed by atoms with van der Waals surface area (Å²) in [5, 5.41) is 6.32. The van der Waals surface area contributed by atoms with Gasteiger partial charge in [-0.15, -0.1) is 24.0 Å². The molecule has 0 saturated carbocycles. The molecule has 0 aliphatic carbocycles. The van der Waals surface area contributed by atoms with Gasteiger partial charge < -0.3 is 25.2 Å². The number of carbonyl (C=O) groups excluding carboxylic acids is 2. The third-order valence-electron chi connectivity index (χ3n) is 4.61. The molecule has 1 aliphatic rings. The molecule has 2 rings (SSSR count). The highest BCUT2D eigenvalue weighted by Gasteiger charge is 2.21. The van der Waals surface area contributed by atoms with Gasteiger partial charge in [0, 0.05) is 52.5 Å². The fourth-order valence-electron chi connectivity index (χ4n) is 2.89. The van der Waals surface area contributed by atoms with Gasteiger partial charge in [-0.3, -0.25) is 9.59 Å². The Morgan fingerprint density at radius 2 is 1.97 bits per heavy atom. The summed E-state index contributed by atoms with van der Waals surface area (Å²) in [6.07, 6.45) is 2.40. The number of nitrogens with one attached hydrogen (secondary N) is 2. The van der Waals surface area contributed by atoms with Gasteiger partial charge in [-0.05, 0) is 37.5 Å². The molecule has 2 N–H and O–H groups in total. The lowest BCUT2D eigenvalue weighted by Gasteiger charge is -2.16. The molecule has 0 aromatic heterocycles. The smallest absolute Gasteiger partial charge is 0.241 e. The summed E-state index contributed by atoms with van der Waals surface area (Å²) in [6.45, 7) is 5.51. The highest BCUT2D eigenvalue weighted by atomic mass is 127. The van der Waals surface area contributed by atoms with E-state index < -0.39 is 0 Å². The Labute approximate surface area is 196 Å². The molecule has 0 unspecified atom stereocenters. The number of ether oxygens (including phenoxy) is 1. The van der Waals surface area contributed by atoms with Crippen LogP contribution in [0.25, 0.3) is 0 Å². The normalized spacial score (nSPS) is 13.8. The Kier molecular flexibility index (Phi) is 12.4. The third kappa shape index (κ3) is 8.86. The average Bonchev–Trinajstić information content (AvgIpc) is 3.15. The molecule has 1 aromatic carbocycles. The van der Waals surface area contributed by atoms with E-state index in [2.05, 4.69) is 15.6 Å². The number of hydrogen-bond acceptors (Lipinski definition) is 4. The summed E-state index contributed by atoms with van der Waals surface area (Å²) >= 11 is 0. The van der Waals surface area contributed by atoms with E-state index in [9.17, 15) is 9.59 Å². The zero-order valence-corrected chi connectivity index (χ0v) is 20.5. The van der Waals surface area contributed by atoms with Gasteiger partial charge in [-0.25, -0.2) is 4.99 Å². The number of rotatable bonds is 10. The van der Waals surface area contributed by atoms with Crippen LogP contribution < -0.4 is 15.5 Å². The minimum absolute atomic E-state index is 0. The first kappa shape index (κ1) is 26.2. The predicted molar refractivity (Wildman–Crippen MR) is 130 cm³/mol. The van der Waals surface area contributed by atoms with E-state index in [-0.39, 0.29) is 42.3 Å². The molecule has 168 valence electrons. The van der Waals surface area contributed by atoms with Crippen LogP contribution in [0.1, 0.15) is 31.7 Å². The van der Waals surface area contributed by atoms with E-state index in [1.54, 1.807) is 14.1 Å². The van der Waals surface area contributed by atoms with Crippen molar-refractivity contribution in [1.29, 1.82) is 0 Å². The molecule has 2 amide bonds. The fraction of sp³-hybridized carbons (Fsp3) is 0.571. The summed E-state index contributed by atoms with van der Waals surface area (Å²) in [5.41, 5.74) is 1.97. The van der Waals surface area contributed by atoms with Gasteiger partial charge in [0.15, 0.2) is 5.96 Å². The first-order chi connectivity index (χ1) is 14.0. The van der Waals surface area contributed by atoms with Crippen LogP contribution in [0.5, 0.6) is 0 Å². The van der Waals surface area contributed by atoms with Crippen molar-refractivity contribution in [2.24, 2.45) is 4.99 Å². The Morgan fingerprint density at radius 1 is 1.23 bits per heavy atom. The monoisotopic (exact) mass is 531 g/mol. The van der Waals surface area contributed by atoms with Crippen LogP contribution in [0, 0.1) is 0 Å². The van der Waals surface area contributed by atoms with Gasteiger partial charge >= 0.3 is 0 Å². The molecule has 1 heterocycles. The molecule has 1 saturated heterocycles. The number of likely N-dealkylation sites (N-methyl/N-ethyl adjacent to an activating group) is 1. The maximum Gasteiger partial charge on any atom is 0.241 e. The molecule has 0 radical (unpaired) electrons. The van der Waals surface area contributed by atoms with Gasteiger partial charge in [-0.1, -0.05) is 12.1 Å². The highest BCUT2D eigenvalue weighted by Crippen LogP contribution is 2.21. The minimum Gasteiger partial charge on any atom is -0.382 e. The van der Waals surface area contributed by atoms with Crippen molar-refractivity contribution in [3.8, 4) is 0 Å². The molecular weight excluding hydrogens is 497 g/mol. The molecule has 0 spiro atoms. The van der Waals surface area contributed by atoms with Crippen molar-refractivity contribution in [3.05, 3.63) is 29.8 Å². The van der Waals surface area contributed by atoms with Crippen molar-refractivity contribution < 1.29 is 14.3 Å². The summed E-state index contributed by atoms with van der Waals surface area (Å²) in [4.78, 5) is 31.7. The first-order valence-electron chi connectivity index (χ1n) is 10.2. The van der Waals surface area contributed by atoms with Crippen molar-refractivity contribution in [3.63, 3.8) is 0 Å². The van der Waals surface area contributed by atoms with Crippen molar-refractivity contribution in [2.45, 2.75) is 32.7 Å². The van der Waals surface area contributed by atoms with Crippen LogP contribution in [0.4, 0.5) is 5.69 Å². The van der Waals surface area contributed by atoms with E-state index >= 15 is 0 Å². The number of nitrogens with zero attached hydrogens (tertiary/aromatic N) is 3. The molecule has 1 aromatic rings. The Bertz CT molecular complexity index is 694. The van der Waals surface area contributed by atoms with Crippen LogP contribution in [-0.2, 0) is 20.9 Å². The first-order valence-corrected chi connectivity index (χ1v) is 10.2. The molecule has 1 aliphatic heterocycles. The summed E-state index contributed by atoms with van der Waals surface area (Å²) in [5.74, 6) is 0.757. The van der Waals surface area contributed by atoms with Gasteiger partial charge in [0.2, 0.25) is 11.8 Å². The minimum atomic E-state index is -0.0200. The van der Waals surface area contributed by atoms with Crippen LogP contribution in [-0.4, -0.2) is 69.6 Å².